The molecule has 0 aliphatic carbocycles. The molecule has 1 aliphatic rings. The highest BCUT2D eigenvalue weighted by atomic mass is 35.5. The Bertz CT molecular complexity index is 456. The molecule has 0 aromatic heterocycles. The first-order valence-corrected chi connectivity index (χ1v) is 6.37. The van der Waals surface area contributed by atoms with Gasteiger partial charge in [0, 0.05) is 18.2 Å². The van der Waals surface area contributed by atoms with Crippen LogP contribution in [-0.2, 0) is 10.3 Å². The average molecular weight is 266 g/mol. The molecule has 0 bridgehead atoms. The van der Waals surface area contributed by atoms with Crippen molar-refractivity contribution in [2.75, 3.05) is 13.2 Å². The lowest BCUT2D eigenvalue weighted by Gasteiger charge is -2.42. The van der Waals surface area contributed by atoms with E-state index in [1.807, 2.05) is 0 Å². The lowest BCUT2D eigenvalue weighted by molar-refractivity contribution is -0.0974. The van der Waals surface area contributed by atoms with Gasteiger partial charge in [-0.2, -0.15) is 5.26 Å². The third-order valence-electron chi connectivity index (χ3n) is 3.90. The van der Waals surface area contributed by atoms with Crippen LogP contribution in [0, 0.1) is 16.7 Å². The van der Waals surface area contributed by atoms with Crippen molar-refractivity contribution in [1.82, 2.24) is 0 Å². The number of benzene rings is 1. The Hall–Kier alpha value is -1.08. The SMILES string of the molecule is CC(O)(c1ccc(Cl)cc1)C1(C#N)CCOCC1. The van der Waals surface area contributed by atoms with Crippen molar-refractivity contribution in [3.8, 4) is 6.07 Å². The Kier molecular flexibility index (Phi) is 3.63. The van der Waals surface area contributed by atoms with Gasteiger partial charge in [-0.1, -0.05) is 23.7 Å². The summed E-state index contributed by atoms with van der Waals surface area (Å²) in [5, 5.41) is 21.0. The maximum absolute atomic E-state index is 10.8. The second kappa shape index (κ2) is 4.89. The molecule has 0 spiro atoms. The minimum Gasteiger partial charge on any atom is -0.384 e. The first-order chi connectivity index (χ1) is 8.52. The van der Waals surface area contributed by atoms with Gasteiger partial charge < -0.3 is 9.84 Å². The zero-order valence-electron chi connectivity index (χ0n) is 10.3. The highest BCUT2D eigenvalue weighted by Crippen LogP contribution is 2.46. The minimum atomic E-state index is -1.20. The zero-order valence-corrected chi connectivity index (χ0v) is 11.1. The molecule has 0 amide bonds. The highest BCUT2D eigenvalue weighted by molar-refractivity contribution is 6.30. The van der Waals surface area contributed by atoms with Crippen LogP contribution in [0.1, 0.15) is 25.3 Å². The van der Waals surface area contributed by atoms with Gasteiger partial charge >= 0.3 is 0 Å². The summed E-state index contributed by atoms with van der Waals surface area (Å²) in [5.74, 6) is 0. The first kappa shape index (κ1) is 13.4. The molecule has 3 nitrogen and oxygen atoms in total. The van der Waals surface area contributed by atoms with E-state index in [0.717, 1.165) is 5.56 Å². The summed E-state index contributed by atoms with van der Waals surface area (Å²) in [7, 11) is 0. The van der Waals surface area contributed by atoms with Gasteiger partial charge in [-0.15, -0.1) is 0 Å². The number of ether oxygens (including phenoxy) is 1. The number of nitriles is 1. The van der Waals surface area contributed by atoms with Crippen LogP contribution in [0.25, 0.3) is 0 Å². The van der Waals surface area contributed by atoms with Gasteiger partial charge in [-0.05, 0) is 37.5 Å². The van der Waals surface area contributed by atoms with E-state index >= 15 is 0 Å². The predicted octanol–water partition coefficient (Wildman–Crippen LogP) is 2.87. The highest BCUT2D eigenvalue weighted by Gasteiger charge is 2.49. The van der Waals surface area contributed by atoms with Crippen LogP contribution in [0.15, 0.2) is 24.3 Å². The first-order valence-electron chi connectivity index (χ1n) is 5.99. The van der Waals surface area contributed by atoms with Crippen LogP contribution in [0.4, 0.5) is 0 Å². The number of aliphatic hydroxyl groups is 1. The molecule has 1 saturated heterocycles. The second-order valence-electron chi connectivity index (χ2n) is 4.89. The summed E-state index contributed by atoms with van der Waals surface area (Å²) < 4.78 is 5.29. The van der Waals surface area contributed by atoms with E-state index in [-0.39, 0.29) is 0 Å². The van der Waals surface area contributed by atoms with E-state index in [0.29, 0.717) is 31.1 Å². The monoisotopic (exact) mass is 265 g/mol. The molecule has 0 saturated carbocycles. The fourth-order valence-corrected chi connectivity index (χ4v) is 2.60. The van der Waals surface area contributed by atoms with E-state index in [1.165, 1.54) is 0 Å². The maximum atomic E-state index is 10.8. The van der Waals surface area contributed by atoms with Crippen LogP contribution in [0.5, 0.6) is 0 Å². The summed E-state index contributed by atoms with van der Waals surface area (Å²) in [6.45, 7) is 2.72. The van der Waals surface area contributed by atoms with Crippen LogP contribution >= 0.6 is 11.6 Å². The Labute approximate surface area is 112 Å². The van der Waals surface area contributed by atoms with Gasteiger partial charge in [0.25, 0.3) is 0 Å². The maximum Gasteiger partial charge on any atom is 0.106 e. The molecule has 96 valence electrons. The molecule has 1 aromatic rings. The van der Waals surface area contributed by atoms with Crippen molar-refractivity contribution in [2.24, 2.45) is 5.41 Å². The number of hydrogen-bond acceptors (Lipinski definition) is 3. The summed E-state index contributed by atoms with van der Waals surface area (Å²) >= 11 is 5.85. The fourth-order valence-electron chi connectivity index (χ4n) is 2.48. The molecule has 1 unspecified atom stereocenters. The zero-order chi connectivity index (χ0) is 13.2. The van der Waals surface area contributed by atoms with E-state index < -0.39 is 11.0 Å². The quantitative estimate of drug-likeness (QED) is 0.895. The standard InChI is InChI=1S/C14H16ClNO2/c1-13(17,11-2-4-12(15)5-3-11)14(10-16)6-8-18-9-7-14/h2-5,17H,6-9H2,1H3. The number of hydrogen-bond donors (Lipinski definition) is 1. The Morgan fingerprint density at radius 3 is 2.39 bits per heavy atom. The molecular formula is C14H16ClNO2. The Morgan fingerprint density at radius 1 is 1.33 bits per heavy atom. The predicted molar refractivity (Wildman–Crippen MR) is 69.1 cm³/mol. The summed E-state index contributed by atoms with van der Waals surface area (Å²) in [5.41, 5.74) is -1.27. The van der Waals surface area contributed by atoms with Gasteiger partial charge in [0.2, 0.25) is 0 Å². The van der Waals surface area contributed by atoms with Gasteiger partial charge in [0.1, 0.15) is 5.60 Å². The van der Waals surface area contributed by atoms with Crippen molar-refractivity contribution >= 4 is 11.6 Å². The van der Waals surface area contributed by atoms with Gasteiger partial charge in [-0.25, -0.2) is 0 Å². The number of nitrogens with zero attached hydrogens (tertiary/aromatic N) is 1. The van der Waals surface area contributed by atoms with Gasteiger partial charge in [-0.3, -0.25) is 0 Å². The molecule has 2 rings (SSSR count). The van der Waals surface area contributed by atoms with Crippen LogP contribution < -0.4 is 0 Å². The van der Waals surface area contributed by atoms with Crippen LogP contribution in [-0.4, -0.2) is 18.3 Å². The third kappa shape index (κ3) is 2.12. The molecule has 0 radical (unpaired) electrons. The van der Waals surface area contributed by atoms with Gasteiger partial charge in [0.15, 0.2) is 0 Å². The molecule has 4 heteroatoms. The topological polar surface area (TPSA) is 53.2 Å². The van der Waals surface area contributed by atoms with Crippen molar-refractivity contribution in [3.63, 3.8) is 0 Å². The second-order valence-corrected chi connectivity index (χ2v) is 5.32. The van der Waals surface area contributed by atoms with Crippen LogP contribution in [0.3, 0.4) is 0 Å². The van der Waals surface area contributed by atoms with E-state index in [4.69, 9.17) is 16.3 Å². The van der Waals surface area contributed by atoms with E-state index in [1.54, 1.807) is 31.2 Å². The van der Waals surface area contributed by atoms with Crippen molar-refractivity contribution in [2.45, 2.75) is 25.4 Å². The van der Waals surface area contributed by atoms with Gasteiger partial charge in [0.05, 0.1) is 11.5 Å². The van der Waals surface area contributed by atoms with E-state index in [2.05, 4.69) is 6.07 Å². The van der Waals surface area contributed by atoms with Crippen LogP contribution in [0.2, 0.25) is 5.02 Å². The molecule has 1 aliphatic heterocycles. The summed E-state index contributed by atoms with van der Waals surface area (Å²) in [6.07, 6.45) is 1.08. The fraction of sp³-hybridized carbons (Fsp3) is 0.500. The Morgan fingerprint density at radius 2 is 1.89 bits per heavy atom. The molecular weight excluding hydrogens is 250 g/mol. The third-order valence-corrected chi connectivity index (χ3v) is 4.15. The number of halogens is 1. The smallest absolute Gasteiger partial charge is 0.106 e. The molecule has 1 aromatic carbocycles. The molecule has 1 fully saturated rings. The van der Waals surface area contributed by atoms with Crippen molar-refractivity contribution in [3.05, 3.63) is 34.9 Å². The Balaban J connectivity index is 2.39. The van der Waals surface area contributed by atoms with Crippen molar-refractivity contribution in [1.29, 1.82) is 5.26 Å². The minimum absolute atomic E-state index is 0.511. The van der Waals surface area contributed by atoms with E-state index in [9.17, 15) is 10.4 Å². The number of rotatable bonds is 2. The summed E-state index contributed by atoms with van der Waals surface area (Å²) in [6, 6.07) is 9.32. The lowest BCUT2D eigenvalue weighted by Crippen LogP contribution is -2.46. The molecule has 1 N–H and O–H groups in total. The molecule has 1 atom stereocenters. The summed E-state index contributed by atoms with van der Waals surface area (Å²) in [4.78, 5) is 0. The lowest BCUT2D eigenvalue weighted by atomic mass is 9.66. The largest absolute Gasteiger partial charge is 0.384 e. The normalized spacial score (nSPS) is 21.9. The molecule has 18 heavy (non-hydrogen) atoms. The average Bonchev–Trinajstić information content (AvgIpc) is 2.40. The molecule has 1 heterocycles. The van der Waals surface area contributed by atoms with Crippen molar-refractivity contribution < 1.29 is 9.84 Å².